The second-order valence-corrected chi connectivity index (χ2v) is 6.62. The van der Waals surface area contributed by atoms with Gasteiger partial charge in [0, 0.05) is 11.6 Å². The van der Waals surface area contributed by atoms with Crippen molar-refractivity contribution < 1.29 is 13.2 Å². The number of benzene rings is 1. The van der Waals surface area contributed by atoms with E-state index in [-0.39, 0.29) is 16.8 Å². The molecule has 20 heavy (non-hydrogen) atoms. The molecule has 1 aliphatic rings. The largest absolute Gasteiger partial charge is 0.349 e. The standard InChI is InChI=1S/C13H19N3O3S/c1-14-20(18,19)12-4-2-10(3-5-12)13(17)16-11-6-8-15-9-7-11/h2-5,11,14-15H,6-9H2,1H3,(H,16,17). The van der Waals surface area contributed by atoms with Crippen molar-refractivity contribution in [3.63, 3.8) is 0 Å². The minimum atomic E-state index is -3.46. The highest BCUT2D eigenvalue weighted by Gasteiger charge is 2.17. The lowest BCUT2D eigenvalue weighted by molar-refractivity contribution is 0.0929. The average Bonchev–Trinajstić information content (AvgIpc) is 2.48. The Morgan fingerprint density at radius 1 is 1.20 bits per heavy atom. The van der Waals surface area contributed by atoms with Crippen LogP contribution in [0.2, 0.25) is 0 Å². The number of hydrogen-bond acceptors (Lipinski definition) is 4. The van der Waals surface area contributed by atoms with Gasteiger partial charge in [0.05, 0.1) is 4.90 Å². The summed E-state index contributed by atoms with van der Waals surface area (Å²) in [6.45, 7) is 1.81. The molecule has 0 aromatic heterocycles. The van der Waals surface area contributed by atoms with Gasteiger partial charge in [0.25, 0.3) is 5.91 Å². The summed E-state index contributed by atoms with van der Waals surface area (Å²) in [7, 11) is -2.10. The summed E-state index contributed by atoms with van der Waals surface area (Å²) in [6.07, 6.45) is 1.83. The number of carbonyl (C=O) groups is 1. The molecule has 1 aromatic rings. The van der Waals surface area contributed by atoms with E-state index in [9.17, 15) is 13.2 Å². The van der Waals surface area contributed by atoms with E-state index in [4.69, 9.17) is 0 Å². The van der Waals surface area contributed by atoms with E-state index in [0.29, 0.717) is 5.56 Å². The number of piperidine rings is 1. The molecular formula is C13H19N3O3S. The quantitative estimate of drug-likeness (QED) is 0.734. The Hall–Kier alpha value is -1.44. The summed E-state index contributed by atoms with van der Waals surface area (Å²) in [5.74, 6) is -0.162. The fraction of sp³-hybridized carbons (Fsp3) is 0.462. The number of hydrogen-bond donors (Lipinski definition) is 3. The van der Waals surface area contributed by atoms with E-state index >= 15 is 0 Å². The first-order valence-electron chi connectivity index (χ1n) is 6.58. The summed E-state index contributed by atoms with van der Waals surface area (Å²) in [4.78, 5) is 12.2. The fourth-order valence-electron chi connectivity index (χ4n) is 2.14. The smallest absolute Gasteiger partial charge is 0.251 e. The van der Waals surface area contributed by atoms with E-state index in [1.165, 1.54) is 31.3 Å². The maximum Gasteiger partial charge on any atom is 0.251 e. The predicted octanol–water partition coefficient (Wildman–Crippen LogP) is 0.0765. The van der Waals surface area contributed by atoms with Gasteiger partial charge in [0.2, 0.25) is 10.0 Å². The van der Waals surface area contributed by atoms with Crippen LogP contribution in [0.25, 0.3) is 0 Å². The SMILES string of the molecule is CNS(=O)(=O)c1ccc(C(=O)NC2CCNCC2)cc1. The van der Waals surface area contributed by atoms with Gasteiger partial charge in [0.15, 0.2) is 0 Å². The first kappa shape index (κ1) is 15.0. The third-order valence-electron chi connectivity index (χ3n) is 3.37. The van der Waals surface area contributed by atoms with Crippen LogP contribution in [0.5, 0.6) is 0 Å². The van der Waals surface area contributed by atoms with E-state index in [1.54, 1.807) is 0 Å². The summed E-state index contributed by atoms with van der Waals surface area (Å²) in [5.41, 5.74) is 0.471. The molecule has 2 rings (SSSR count). The molecule has 0 aliphatic carbocycles. The normalized spacial score (nSPS) is 16.9. The highest BCUT2D eigenvalue weighted by molar-refractivity contribution is 7.89. The van der Waals surface area contributed by atoms with Gasteiger partial charge in [-0.1, -0.05) is 0 Å². The van der Waals surface area contributed by atoms with Gasteiger partial charge in [-0.25, -0.2) is 13.1 Å². The Morgan fingerprint density at radius 3 is 2.35 bits per heavy atom. The summed E-state index contributed by atoms with van der Waals surface area (Å²) in [5, 5.41) is 6.20. The van der Waals surface area contributed by atoms with Crippen molar-refractivity contribution in [2.75, 3.05) is 20.1 Å². The first-order valence-corrected chi connectivity index (χ1v) is 8.06. The van der Waals surface area contributed by atoms with Crippen molar-refractivity contribution in [2.24, 2.45) is 0 Å². The zero-order valence-electron chi connectivity index (χ0n) is 11.3. The van der Waals surface area contributed by atoms with Crippen LogP contribution in [-0.2, 0) is 10.0 Å². The fourth-order valence-corrected chi connectivity index (χ4v) is 2.87. The molecule has 0 radical (unpaired) electrons. The van der Waals surface area contributed by atoms with Crippen molar-refractivity contribution in [1.82, 2.24) is 15.4 Å². The van der Waals surface area contributed by atoms with Gasteiger partial charge >= 0.3 is 0 Å². The minimum Gasteiger partial charge on any atom is -0.349 e. The lowest BCUT2D eigenvalue weighted by atomic mass is 10.1. The molecule has 0 bridgehead atoms. The number of nitrogens with one attached hydrogen (secondary N) is 3. The Balaban J connectivity index is 2.04. The highest BCUT2D eigenvalue weighted by Crippen LogP contribution is 2.11. The van der Waals surface area contributed by atoms with Crippen LogP contribution in [0.4, 0.5) is 0 Å². The van der Waals surface area contributed by atoms with Crippen LogP contribution < -0.4 is 15.4 Å². The van der Waals surface area contributed by atoms with E-state index < -0.39 is 10.0 Å². The summed E-state index contributed by atoms with van der Waals surface area (Å²) < 4.78 is 25.4. The molecule has 7 heteroatoms. The van der Waals surface area contributed by atoms with Gasteiger partial charge in [0.1, 0.15) is 0 Å². The molecule has 6 nitrogen and oxygen atoms in total. The number of sulfonamides is 1. The minimum absolute atomic E-state index is 0.151. The average molecular weight is 297 g/mol. The summed E-state index contributed by atoms with van der Waals surface area (Å²) in [6, 6.07) is 6.11. The monoisotopic (exact) mass is 297 g/mol. The molecule has 1 fully saturated rings. The second kappa shape index (κ2) is 6.34. The predicted molar refractivity (Wildman–Crippen MR) is 76.0 cm³/mol. The molecule has 3 N–H and O–H groups in total. The summed E-state index contributed by atoms with van der Waals surface area (Å²) >= 11 is 0. The molecule has 1 saturated heterocycles. The Labute approximate surface area is 119 Å². The molecule has 1 heterocycles. The lowest BCUT2D eigenvalue weighted by Gasteiger charge is -2.23. The van der Waals surface area contributed by atoms with Gasteiger partial charge in [-0.2, -0.15) is 0 Å². The highest BCUT2D eigenvalue weighted by atomic mass is 32.2. The van der Waals surface area contributed by atoms with Crippen molar-refractivity contribution in [3.8, 4) is 0 Å². The molecule has 0 spiro atoms. The van der Waals surface area contributed by atoms with Crippen LogP contribution in [0.3, 0.4) is 0 Å². The van der Waals surface area contributed by atoms with E-state index in [1.807, 2.05) is 0 Å². The van der Waals surface area contributed by atoms with E-state index in [2.05, 4.69) is 15.4 Å². The van der Waals surface area contributed by atoms with Crippen molar-refractivity contribution in [3.05, 3.63) is 29.8 Å². The third-order valence-corrected chi connectivity index (χ3v) is 4.80. The molecular weight excluding hydrogens is 278 g/mol. The Kier molecular flexibility index (Phi) is 4.74. The van der Waals surface area contributed by atoms with E-state index in [0.717, 1.165) is 25.9 Å². The maximum atomic E-state index is 12.0. The lowest BCUT2D eigenvalue weighted by Crippen LogP contribution is -2.42. The molecule has 1 amide bonds. The van der Waals surface area contributed by atoms with Crippen molar-refractivity contribution >= 4 is 15.9 Å². The third kappa shape index (κ3) is 3.56. The van der Waals surface area contributed by atoms with Crippen LogP contribution >= 0.6 is 0 Å². The number of carbonyl (C=O) groups excluding carboxylic acids is 1. The van der Waals surface area contributed by atoms with Gasteiger partial charge in [-0.05, 0) is 57.2 Å². The van der Waals surface area contributed by atoms with Gasteiger partial charge in [-0.15, -0.1) is 0 Å². The van der Waals surface area contributed by atoms with Crippen LogP contribution in [0.1, 0.15) is 23.2 Å². The Morgan fingerprint density at radius 2 is 1.80 bits per heavy atom. The van der Waals surface area contributed by atoms with Gasteiger partial charge in [-0.3, -0.25) is 4.79 Å². The number of amides is 1. The van der Waals surface area contributed by atoms with Crippen molar-refractivity contribution in [2.45, 2.75) is 23.8 Å². The maximum absolute atomic E-state index is 12.0. The van der Waals surface area contributed by atoms with Crippen LogP contribution in [-0.4, -0.2) is 40.5 Å². The topological polar surface area (TPSA) is 87.3 Å². The molecule has 1 aliphatic heterocycles. The molecule has 1 aromatic carbocycles. The zero-order chi connectivity index (χ0) is 14.6. The molecule has 110 valence electrons. The van der Waals surface area contributed by atoms with Crippen molar-refractivity contribution in [1.29, 1.82) is 0 Å². The Bertz CT molecular complexity index is 563. The van der Waals surface area contributed by atoms with Crippen LogP contribution in [0.15, 0.2) is 29.2 Å². The molecule has 0 saturated carbocycles. The molecule has 0 unspecified atom stereocenters. The second-order valence-electron chi connectivity index (χ2n) is 4.73. The number of rotatable bonds is 4. The zero-order valence-corrected chi connectivity index (χ0v) is 12.2. The first-order chi connectivity index (χ1) is 9.53. The van der Waals surface area contributed by atoms with Gasteiger partial charge < -0.3 is 10.6 Å². The van der Waals surface area contributed by atoms with Crippen LogP contribution in [0, 0.1) is 0 Å². The molecule has 0 atom stereocenters.